The molecule has 84 valence electrons. The van der Waals surface area contributed by atoms with Crippen molar-refractivity contribution in [2.75, 3.05) is 0 Å². The fourth-order valence-corrected chi connectivity index (χ4v) is 1.93. The second kappa shape index (κ2) is 3.59. The Morgan fingerprint density at radius 2 is 1.94 bits per heavy atom. The maximum Gasteiger partial charge on any atom is 0.229 e. The molecule has 0 aliphatic heterocycles. The average molecular weight is 225 g/mol. The van der Waals surface area contributed by atoms with E-state index >= 15 is 0 Å². The van der Waals surface area contributed by atoms with E-state index in [1.165, 1.54) is 0 Å². The third kappa shape index (κ3) is 1.45. The van der Waals surface area contributed by atoms with Gasteiger partial charge in [0.25, 0.3) is 0 Å². The Hall–Kier alpha value is -2.36. The first-order valence-electron chi connectivity index (χ1n) is 5.33. The third-order valence-corrected chi connectivity index (χ3v) is 2.73. The highest BCUT2D eigenvalue weighted by molar-refractivity contribution is 5.87. The quantitative estimate of drug-likeness (QED) is 0.362. The van der Waals surface area contributed by atoms with Crippen molar-refractivity contribution in [1.29, 1.82) is 0 Å². The Kier molecular flexibility index (Phi) is 2.08. The molecule has 1 aromatic carbocycles. The van der Waals surface area contributed by atoms with E-state index in [0.29, 0.717) is 11.1 Å². The van der Waals surface area contributed by atoms with Crippen LogP contribution in [-0.4, -0.2) is 4.98 Å². The minimum atomic E-state index is 0.563. The van der Waals surface area contributed by atoms with E-state index in [4.69, 9.17) is 10.3 Å². The number of hydrogen-bond donors (Lipinski definition) is 1. The maximum atomic E-state index is 5.74. The predicted molar refractivity (Wildman–Crippen MR) is 66.0 cm³/mol. The molecule has 0 spiro atoms. The summed E-state index contributed by atoms with van der Waals surface area (Å²) in [5.74, 6) is 5.48. The lowest BCUT2D eigenvalue weighted by atomic mass is 10.1. The summed E-state index contributed by atoms with van der Waals surface area (Å²) in [5, 5.41) is 6.30. The van der Waals surface area contributed by atoms with Crippen LogP contribution in [0.25, 0.3) is 22.1 Å². The van der Waals surface area contributed by atoms with Gasteiger partial charge >= 0.3 is 0 Å². The molecule has 0 bridgehead atoms. The number of aromatic nitrogens is 1. The maximum absolute atomic E-state index is 5.74. The summed E-state index contributed by atoms with van der Waals surface area (Å²) >= 11 is 0. The van der Waals surface area contributed by atoms with E-state index < -0.39 is 0 Å². The number of rotatable bonds is 0. The number of nitrogens with two attached hydrogens (primary N) is 1. The summed E-state index contributed by atoms with van der Waals surface area (Å²) in [6, 6.07) is 11.5. The molecule has 2 heterocycles. The SMILES string of the molecule is Cc1ccc2/c(=N\N)c3ccccc3oc2n1. The van der Waals surface area contributed by atoms with Crippen molar-refractivity contribution in [2.24, 2.45) is 10.9 Å². The molecule has 3 rings (SSSR count). The van der Waals surface area contributed by atoms with Crippen molar-refractivity contribution in [1.82, 2.24) is 4.98 Å². The lowest BCUT2D eigenvalue weighted by Crippen LogP contribution is -2.09. The first-order chi connectivity index (χ1) is 8.29. The summed E-state index contributed by atoms with van der Waals surface area (Å²) in [4.78, 5) is 4.35. The topological polar surface area (TPSA) is 64.4 Å². The first kappa shape index (κ1) is 9.84. The average Bonchev–Trinajstić information content (AvgIpc) is 2.35. The third-order valence-electron chi connectivity index (χ3n) is 2.73. The van der Waals surface area contributed by atoms with Crippen LogP contribution in [0.15, 0.2) is 45.9 Å². The number of nitrogens with zero attached hydrogens (tertiary/aromatic N) is 2. The van der Waals surface area contributed by atoms with Crippen LogP contribution in [0.2, 0.25) is 0 Å². The molecule has 0 atom stereocenters. The van der Waals surface area contributed by atoms with Gasteiger partial charge in [0.2, 0.25) is 5.71 Å². The van der Waals surface area contributed by atoms with Crippen LogP contribution in [0.1, 0.15) is 5.69 Å². The highest BCUT2D eigenvalue weighted by Crippen LogP contribution is 2.16. The van der Waals surface area contributed by atoms with Gasteiger partial charge in [-0.25, -0.2) is 4.98 Å². The van der Waals surface area contributed by atoms with Crippen LogP contribution in [0.3, 0.4) is 0 Å². The van der Waals surface area contributed by atoms with Crippen LogP contribution < -0.4 is 11.2 Å². The molecule has 0 unspecified atom stereocenters. The first-order valence-corrected chi connectivity index (χ1v) is 5.33. The Labute approximate surface area is 97.4 Å². The molecule has 0 amide bonds. The van der Waals surface area contributed by atoms with Gasteiger partial charge in [0, 0.05) is 11.1 Å². The summed E-state index contributed by atoms with van der Waals surface area (Å²) in [5.41, 5.74) is 2.20. The van der Waals surface area contributed by atoms with E-state index in [1.807, 2.05) is 43.3 Å². The second-order valence-corrected chi connectivity index (χ2v) is 3.88. The summed E-state index contributed by atoms with van der Waals surface area (Å²) in [6.45, 7) is 1.92. The molecule has 17 heavy (non-hydrogen) atoms. The molecule has 3 aromatic rings. The van der Waals surface area contributed by atoms with Gasteiger partial charge in [0.1, 0.15) is 10.9 Å². The minimum absolute atomic E-state index is 0.563. The molecular formula is C13H11N3O. The van der Waals surface area contributed by atoms with Gasteiger partial charge in [-0.3, -0.25) is 0 Å². The highest BCUT2D eigenvalue weighted by Gasteiger charge is 2.06. The van der Waals surface area contributed by atoms with Gasteiger partial charge in [-0.2, -0.15) is 5.10 Å². The van der Waals surface area contributed by atoms with Gasteiger partial charge in [-0.05, 0) is 31.2 Å². The van der Waals surface area contributed by atoms with E-state index in [2.05, 4.69) is 10.1 Å². The van der Waals surface area contributed by atoms with E-state index in [0.717, 1.165) is 22.0 Å². The van der Waals surface area contributed by atoms with Crippen molar-refractivity contribution in [3.63, 3.8) is 0 Å². The lowest BCUT2D eigenvalue weighted by Gasteiger charge is -2.02. The second-order valence-electron chi connectivity index (χ2n) is 3.88. The van der Waals surface area contributed by atoms with E-state index in [9.17, 15) is 0 Å². The van der Waals surface area contributed by atoms with Crippen molar-refractivity contribution >= 4 is 22.1 Å². The van der Waals surface area contributed by atoms with Crippen LogP contribution >= 0.6 is 0 Å². The monoisotopic (exact) mass is 225 g/mol. The van der Waals surface area contributed by atoms with Crippen LogP contribution in [0, 0.1) is 6.92 Å². The molecular weight excluding hydrogens is 214 g/mol. The Balaban J connectivity index is 2.64. The Morgan fingerprint density at radius 3 is 2.76 bits per heavy atom. The zero-order valence-electron chi connectivity index (χ0n) is 9.34. The Bertz CT molecular complexity index is 774. The number of para-hydroxylation sites is 1. The fourth-order valence-electron chi connectivity index (χ4n) is 1.93. The van der Waals surface area contributed by atoms with Crippen LogP contribution in [0.5, 0.6) is 0 Å². The summed E-state index contributed by atoms with van der Waals surface area (Å²) in [7, 11) is 0. The molecule has 4 heteroatoms. The normalized spacial score (nSPS) is 12.4. The van der Waals surface area contributed by atoms with Crippen molar-refractivity contribution in [2.45, 2.75) is 6.92 Å². The smallest absolute Gasteiger partial charge is 0.229 e. The fraction of sp³-hybridized carbons (Fsp3) is 0.0769. The van der Waals surface area contributed by atoms with Crippen LogP contribution in [0.4, 0.5) is 0 Å². The van der Waals surface area contributed by atoms with E-state index in [1.54, 1.807) is 0 Å². The van der Waals surface area contributed by atoms with Gasteiger partial charge < -0.3 is 10.3 Å². The van der Waals surface area contributed by atoms with Gasteiger partial charge in [0.15, 0.2) is 0 Å². The molecule has 0 aliphatic rings. The molecule has 0 saturated heterocycles. The van der Waals surface area contributed by atoms with Crippen molar-refractivity contribution in [3.05, 3.63) is 47.4 Å². The largest absolute Gasteiger partial charge is 0.438 e. The molecule has 4 nitrogen and oxygen atoms in total. The molecule has 2 aromatic heterocycles. The van der Waals surface area contributed by atoms with Crippen molar-refractivity contribution < 1.29 is 4.42 Å². The lowest BCUT2D eigenvalue weighted by molar-refractivity contribution is 0.642. The summed E-state index contributed by atoms with van der Waals surface area (Å²) in [6.07, 6.45) is 0. The summed E-state index contributed by atoms with van der Waals surface area (Å²) < 4.78 is 5.74. The van der Waals surface area contributed by atoms with Gasteiger partial charge in [-0.1, -0.05) is 12.1 Å². The number of pyridine rings is 1. The number of aryl methyl sites for hydroxylation is 1. The molecule has 0 aliphatic carbocycles. The number of fused-ring (bicyclic) bond motifs is 2. The molecule has 0 saturated carbocycles. The number of hydrogen-bond acceptors (Lipinski definition) is 4. The van der Waals surface area contributed by atoms with Gasteiger partial charge in [0.05, 0.1) is 5.39 Å². The highest BCUT2D eigenvalue weighted by atomic mass is 16.3. The van der Waals surface area contributed by atoms with E-state index in [-0.39, 0.29) is 0 Å². The molecule has 0 radical (unpaired) electrons. The molecule has 0 fully saturated rings. The molecule has 2 N–H and O–H groups in total. The van der Waals surface area contributed by atoms with Crippen LogP contribution in [-0.2, 0) is 0 Å². The predicted octanol–water partition coefficient (Wildman–Crippen LogP) is 2.06. The minimum Gasteiger partial charge on any atom is -0.438 e. The zero-order valence-corrected chi connectivity index (χ0v) is 9.34. The van der Waals surface area contributed by atoms with Gasteiger partial charge in [-0.15, -0.1) is 0 Å². The number of benzene rings is 1. The standard InChI is InChI=1S/C13H11N3O/c1-8-6-7-10-12(16-14)9-4-2-3-5-11(9)17-13(10)15-8/h2-7H,14H2,1H3/b16-12-. The zero-order chi connectivity index (χ0) is 11.8. The Morgan fingerprint density at radius 1 is 1.12 bits per heavy atom. The van der Waals surface area contributed by atoms with Crippen molar-refractivity contribution in [3.8, 4) is 0 Å².